The topological polar surface area (TPSA) is 22.1 Å². The van der Waals surface area contributed by atoms with E-state index in [1.54, 1.807) is 7.11 Å². The number of rotatable bonds is 6. The van der Waals surface area contributed by atoms with Gasteiger partial charge in [0.25, 0.3) is 0 Å². The SMILES string of the molecule is COCC(C)C(Cc1ccccc1)c1ccncc1. The van der Waals surface area contributed by atoms with Crippen LogP contribution in [-0.4, -0.2) is 18.7 Å². The molecule has 2 unspecified atom stereocenters. The molecule has 0 spiro atoms. The van der Waals surface area contributed by atoms with E-state index in [1.165, 1.54) is 11.1 Å². The molecule has 0 saturated carbocycles. The summed E-state index contributed by atoms with van der Waals surface area (Å²) in [5.41, 5.74) is 2.70. The maximum absolute atomic E-state index is 5.33. The van der Waals surface area contributed by atoms with Crippen molar-refractivity contribution in [2.75, 3.05) is 13.7 Å². The normalized spacial score (nSPS) is 14.0. The lowest BCUT2D eigenvalue weighted by molar-refractivity contribution is 0.146. The molecule has 1 heterocycles. The van der Waals surface area contributed by atoms with Gasteiger partial charge in [-0.3, -0.25) is 4.98 Å². The van der Waals surface area contributed by atoms with Crippen molar-refractivity contribution in [3.8, 4) is 0 Å². The van der Waals surface area contributed by atoms with Crippen LogP contribution >= 0.6 is 0 Å². The van der Waals surface area contributed by atoms with Crippen molar-refractivity contribution in [3.05, 3.63) is 66.0 Å². The second kappa shape index (κ2) is 7.05. The number of ether oxygens (including phenoxy) is 1. The quantitative estimate of drug-likeness (QED) is 0.785. The molecule has 0 amide bonds. The van der Waals surface area contributed by atoms with Gasteiger partial charge < -0.3 is 4.74 Å². The highest BCUT2D eigenvalue weighted by atomic mass is 16.5. The van der Waals surface area contributed by atoms with E-state index < -0.39 is 0 Å². The van der Waals surface area contributed by atoms with Gasteiger partial charge in [0.1, 0.15) is 0 Å². The first-order valence-corrected chi connectivity index (χ1v) is 6.74. The molecule has 0 bridgehead atoms. The van der Waals surface area contributed by atoms with Crippen molar-refractivity contribution in [1.29, 1.82) is 0 Å². The Morgan fingerprint density at radius 1 is 1.05 bits per heavy atom. The van der Waals surface area contributed by atoms with Crippen LogP contribution in [0.3, 0.4) is 0 Å². The fourth-order valence-electron chi connectivity index (χ4n) is 2.51. The number of nitrogens with zero attached hydrogens (tertiary/aromatic N) is 1. The Hall–Kier alpha value is -1.67. The molecule has 0 saturated heterocycles. The summed E-state index contributed by atoms with van der Waals surface area (Å²) in [6.07, 6.45) is 4.77. The molecule has 100 valence electrons. The summed E-state index contributed by atoms with van der Waals surface area (Å²) in [5.74, 6) is 0.943. The molecule has 2 rings (SSSR count). The average Bonchev–Trinajstić information content (AvgIpc) is 2.47. The van der Waals surface area contributed by atoms with E-state index in [-0.39, 0.29) is 0 Å². The molecule has 0 N–H and O–H groups in total. The molecule has 0 aliphatic carbocycles. The minimum atomic E-state index is 0.463. The predicted octanol–water partition coefficient (Wildman–Crippen LogP) is 3.69. The van der Waals surface area contributed by atoms with Gasteiger partial charge in [-0.05, 0) is 41.5 Å². The molecule has 1 aromatic heterocycles. The van der Waals surface area contributed by atoms with Gasteiger partial charge in [0.05, 0.1) is 0 Å². The third-order valence-corrected chi connectivity index (χ3v) is 3.55. The van der Waals surface area contributed by atoms with Crippen molar-refractivity contribution < 1.29 is 4.74 Å². The van der Waals surface area contributed by atoms with Gasteiger partial charge in [0.15, 0.2) is 0 Å². The van der Waals surface area contributed by atoms with E-state index >= 15 is 0 Å². The van der Waals surface area contributed by atoms with Crippen LogP contribution in [0.1, 0.15) is 24.0 Å². The number of hydrogen-bond acceptors (Lipinski definition) is 2. The van der Waals surface area contributed by atoms with Crippen molar-refractivity contribution in [2.45, 2.75) is 19.3 Å². The highest BCUT2D eigenvalue weighted by Crippen LogP contribution is 2.28. The van der Waals surface area contributed by atoms with E-state index in [1.807, 2.05) is 12.4 Å². The third kappa shape index (κ3) is 3.90. The Morgan fingerprint density at radius 2 is 1.74 bits per heavy atom. The van der Waals surface area contributed by atoms with E-state index in [0.29, 0.717) is 11.8 Å². The number of benzene rings is 1. The van der Waals surface area contributed by atoms with Crippen molar-refractivity contribution >= 4 is 0 Å². The molecule has 0 aliphatic heterocycles. The van der Waals surface area contributed by atoms with E-state index in [9.17, 15) is 0 Å². The lowest BCUT2D eigenvalue weighted by atomic mass is 9.83. The largest absolute Gasteiger partial charge is 0.384 e. The zero-order chi connectivity index (χ0) is 13.5. The second-order valence-corrected chi connectivity index (χ2v) is 5.01. The minimum absolute atomic E-state index is 0.463. The van der Waals surface area contributed by atoms with Gasteiger partial charge in [0.2, 0.25) is 0 Å². The average molecular weight is 255 g/mol. The number of aromatic nitrogens is 1. The zero-order valence-corrected chi connectivity index (χ0v) is 11.6. The summed E-state index contributed by atoms with van der Waals surface area (Å²) in [4.78, 5) is 4.11. The fraction of sp³-hybridized carbons (Fsp3) is 0.353. The van der Waals surface area contributed by atoms with Gasteiger partial charge in [-0.15, -0.1) is 0 Å². The van der Waals surface area contributed by atoms with Gasteiger partial charge in [0, 0.05) is 26.1 Å². The van der Waals surface area contributed by atoms with Crippen molar-refractivity contribution in [3.63, 3.8) is 0 Å². The van der Waals surface area contributed by atoms with Crippen LogP contribution in [0.25, 0.3) is 0 Å². The Balaban J connectivity index is 2.20. The molecule has 0 fully saturated rings. The van der Waals surface area contributed by atoms with E-state index in [0.717, 1.165) is 13.0 Å². The second-order valence-electron chi connectivity index (χ2n) is 5.01. The monoisotopic (exact) mass is 255 g/mol. The summed E-state index contributed by atoms with van der Waals surface area (Å²) < 4.78 is 5.33. The third-order valence-electron chi connectivity index (χ3n) is 3.55. The standard InChI is InChI=1S/C17H21NO/c1-14(13-19-2)17(16-8-10-18-11-9-16)12-15-6-4-3-5-7-15/h3-11,14,17H,12-13H2,1-2H3. The molecule has 1 aromatic carbocycles. The number of hydrogen-bond donors (Lipinski definition) is 0. The number of methoxy groups -OCH3 is 1. The van der Waals surface area contributed by atoms with Crippen LogP contribution < -0.4 is 0 Å². The Morgan fingerprint density at radius 3 is 2.37 bits per heavy atom. The summed E-state index contributed by atoms with van der Waals surface area (Å²) in [5, 5.41) is 0. The van der Waals surface area contributed by atoms with Crippen LogP contribution in [-0.2, 0) is 11.2 Å². The van der Waals surface area contributed by atoms with Gasteiger partial charge in [-0.25, -0.2) is 0 Å². The van der Waals surface area contributed by atoms with Crippen LogP contribution in [0.5, 0.6) is 0 Å². The summed E-state index contributed by atoms with van der Waals surface area (Å²) >= 11 is 0. The highest BCUT2D eigenvalue weighted by Gasteiger charge is 2.19. The Bertz CT molecular complexity index is 469. The summed E-state index contributed by atoms with van der Waals surface area (Å²) in [6.45, 7) is 3.03. The lowest BCUT2D eigenvalue weighted by Crippen LogP contribution is -2.17. The van der Waals surface area contributed by atoms with Crippen molar-refractivity contribution in [2.24, 2.45) is 5.92 Å². The number of pyridine rings is 1. The Kier molecular flexibility index (Phi) is 5.10. The molecule has 2 nitrogen and oxygen atoms in total. The maximum Gasteiger partial charge on any atom is 0.0493 e. The molecule has 2 aromatic rings. The van der Waals surface area contributed by atoms with E-state index in [2.05, 4.69) is 54.4 Å². The molecule has 0 aliphatic rings. The molecule has 2 atom stereocenters. The Labute approximate surface area is 115 Å². The first-order valence-electron chi connectivity index (χ1n) is 6.74. The molecule has 19 heavy (non-hydrogen) atoms. The highest BCUT2D eigenvalue weighted by molar-refractivity contribution is 5.23. The molecular formula is C17H21NO. The maximum atomic E-state index is 5.33. The van der Waals surface area contributed by atoms with Gasteiger partial charge in [-0.1, -0.05) is 37.3 Å². The fourth-order valence-corrected chi connectivity index (χ4v) is 2.51. The zero-order valence-electron chi connectivity index (χ0n) is 11.6. The van der Waals surface area contributed by atoms with Crippen LogP contribution in [0.4, 0.5) is 0 Å². The van der Waals surface area contributed by atoms with Gasteiger partial charge >= 0.3 is 0 Å². The van der Waals surface area contributed by atoms with E-state index in [4.69, 9.17) is 4.74 Å². The predicted molar refractivity (Wildman–Crippen MR) is 78.2 cm³/mol. The summed E-state index contributed by atoms with van der Waals surface area (Å²) in [7, 11) is 1.77. The van der Waals surface area contributed by atoms with Gasteiger partial charge in [-0.2, -0.15) is 0 Å². The first kappa shape index (κ1) is 13.8. The lowest BCUT2D eigenvalue weighted by Gasteiger charge is -2.24. The summed E-state index contributed by atoms with van der Waals surface area (Å²) in [6, 6.07) is 14.9. The molecule has 2 heteroatoms. The van der Waals surface area contributed by atoms with Crippen LogP contribution in [0.15, 0.2) is 54.9 Å². The molecule has 0 radical (unpaired) electrons. The minimum Gasteiger partial charge on any atom is -0.384 e. The van der Waals surface area contributed by atoms with Crippen LogP contribution in [0, 0.1) is 5.92 Å². The smallest absolute Gasteiger partial charge is 0.0493 e. The molecular weight excluding hydrogens is 234 g/mol. The first-order chi connectivity index (χ1) is 9.31. The van der Waals surface area contributed by atoms with Crippen LogP contribution in [0.2, 0.25) is 0 Å². The van der Waals surface area contributed by atoms with Crippen molar-refractivity contribution in [1.82, 2.24) is 4.98 Å².